The number of pyridine rings is 1. The van der Waals surface area contributed by atoms with Crippen molar-refractivity contribution in [3.05, 3.63) is 41.6 Å². The van der Waals surface area contributed by atoms with Gasteiger partial charge in [-0.2, -0.15) is 0 Å². The summed E-state index contributed by atoms with van der Waals surface area (Å²) in [5.74, 6) is 2.39. The highest BCUT2D eigenvalue weighted by molar-refractivity contribution is 6.11. The van der Waals surface area contributed by atoms with Crippen LogP contribution < -0.4 is 15.5 Å². The zero-order valence-electron chi connectivity index (χ0n) is 16.4. The SMILES string of the molecule is CN(C[C@@H]1CCC[C@H]1N)c1cnc2c(n1)CN=C2N1CCCc2ncccc21. The van der Waals surface area contributed by atoms with Gasteiger partial charge in [0.25, 0.3) is 0 Å². The molecule has 1 fully saturated rings. The highest BCUT2D eigenvalue weighted by Gasteiger charge is 2.30. The Labute approximate surface area is 165 Å². The van der Waals surface area contributed by atoms with Gasteiger partial charge in [-0.05, 0) is 43.7 Å². The van der Waals surface area contributed by atoms with E-state index in [1.165, 1.54) is 12.8 Å². The van der Waals surface area contributed by atoms with Gasteiger partial charge >= 0.3 is 0 Å². The third kappa shape index (κ3) is 3.03. The van der Waals surface area contributed by atoms with Crippen molar-refractivity contribution in [2.75, 3.05) is 29.9 Å². The maximum Gasteiger partial charge on any atom is 0.156 e. The summed E-state index contributed by atoms with van der Waals surface area (Å²) in [6.07, 6.45) is 9.43. The van der Waals surface area contributed by atoms with Crippen molar-refractivity contribution in [1.29, 1.82) is 0 Å². The highest BCUT2D eigenvalue weighted by atomic mass is 15.2. The van der Waals surface area contributed by atoms with Gasteiger partial charge in [0.15, 0.2) is 5.84 Å². The lowest BCUT2D eigenvalue weighted by molar-refractivity contribution is 0.481. The third-order valence-corrected chi connectivity index (χ3v) is 6.25. The van der Waals surface area contributed by atoms with E-state index in [1.807, 2.05) is 18.5 Å². The summed E-state index contributed by atoms with van der Waals surface area (Å²) in [4.78, 5) is 23.4. The van der Waals surface area contributed by atoms with Gasteiger partial charge in [0.05, 0.1) is 29.8 Å². The van der Waals surface area contributed by atoms with Crippen LogP contribution in [0.25, 0.3) is 0 Å². The molecule has 0 saturated heterocycles. The lowest BCUT2D eigenvalue weighted by Crippen LogP contribution is -2.36. The third-order valence-electron chi connectivity index (χ3n) is 6.25. The van der Waals surface area contributed by atoms with Gasteiger partial charge < -0.3 is 15.5 Å². The largest absolute Gasteiger partial charge is 0.358 e. The van der Waals surface area contributed by atoms with Crippen LogP contribution in [0.15, 0.2) is 29.5 Å². The smallest absolute Gasteiger partial charge is 0.156 e. The van der Waals surface area contributed by atoms with E-state index >= 15 is 0 Å². The Morgan fingerprint density at radius 1 is 1.21 bits per heavy atom. The number of aryl methyl sites for hydroxylation is 1. The summed E-state index contributed by atoms with van der Waals surface area (Å²) >= 11 is 0. The quantitative estimate of drug-likeness (QED) is 0.882. The summed E-state index contributed by atoms with van der Waals surface area (Å²) in [6.45, 7) is 2.47. The van der Waals surface area contributed by atoms with Crippen LogP contribution in [0.3, 0.4) is 0 Å². The van der Waals surface area contributed by atoms with Crippen LogP contribution in [-0.4, -0.2) is 47.0 Å². The van der Waals surface area contributed by atoms with Gasteiger partial charge in [-0.1, -0.05) is 6.42 Å². The Morgan fingerprint density at radius 3 is 3.00 bits per heavy atom. The molecule has 2 atom stereocenters. The monoisotopic (exact) mass is 377 g/mol. The predicted octanol–water partition coefficient (Wildman–Crippen LogP) is 2.15. The van der Waals surface area contributed by atoms with E-state index in [1.54, 1.807) is 0 Å². The molecular weight excluding hydrogens is 350 g/mol. The first-order valence-corrected chi connectivity index (χ1v) is 10.3. The summed E-state index contributed by atoms with van der Waals surface area (Å²) < 4.78 is 0. The maximum atomic E-state index is 6.24. The van der Waals surface area contributed by atoms with E-state index in [0.29, 0.717) is 18.5 Å². The number of aliphatic imine (C=N–C) groups is 1. The fourth-order valence-electron chi connectivity index (χ4n) is 4.69. The first-order valence-electron chi connectivity index (χ1n) is 10.3. The molecule has 2 aromatic rings. The molecule has 7 heteroatoms. The molecule has 0 radical (unpaired) electrons. The average Bonchev–Trinajstić information content (AvgIpc) is 3.33. The second kappa shape index (κ2) is 7.13. The zero-order valence-corrected chi connectivity index (χ0v) is 16.4. The minimum Gasteiger partial charge on any atom is -0.358 e. The number of hydrogen-bond donors (Lipinski definition) is 1. The minimum absolute atomic E-state index is 0.313. The molecule has 2 aliphatic heterocycles. The molecular formula is C21H27N7. The lowest BCUT2D eigenvalue weighted by Gasteiger charge is -2.30. The van der Waals surface area contributed by atoms with Crippen LogP contribution in [0.2, 0.25) is 0 Å². The van der Waals surface area contributed by atoms with E-state index in [0.717, 1.165) is 66.8 Å². The summed E-state index contributed by atoms with van der Waals surface area (Å²) in [5.41, 5.74) is 10.4. The molecule has 0 spiro atoms. The molecule has 2 aromatic heterocycles. The molecule has 0 amide bonds. The number of aromatic nitrogens is 3. The average molecular weight is 377 g/mol. The molecule has 28 heavy (non-hydrogen) atoms. The van der Waals surface area contributed by atoms with Crippen LogP contribution in [0, 0.1) is 5.92 Å². The van der Waals surface area contributed by atoms with Crippen molar-refractivity contribution < 1.29 is 0 Å². The molecule has 1 saturated carbocycles. The predicted molar refractivity (Wildman–Crippen MR) is 111 cm³/mol. The number of nitrogens with two attached hydrogens (primary N) is 1. The van der Waals surface area contributed by atoms with E-state index in [-0.39, 0.29) is 0 Å². The fraction of sp³-hybridized carbons (Fsp3) is 0.524. The van der Waals surface area contributed by atoms with Crippen LogP contribution >= 0.6 is 0 Å². The fourth-order valence-corrected chi connectivity index (χ4v) is 4.69. The number of fused-ring (bicyclic) bond motifs is 2. The highest BCUT2D eigenvalue weighted by Crippen LogP contribution is 2.30. The Morgan fingerprint density at radius 2 is 2.14 bits per heavy atom. The Kier molecular flexibility index (Phi) is 4.47. The molecule has 7 nitrogen and oxygen atoms in total. The molecule has 5 rings (SSSR count). The van der Waals surface area contributed by atoms with Crippen LogP contribution in [0.5, 0.6) is 0 Å². The van der Waals surface area contributed by atoms with Gasteiger partial charge in [-0.15, -0.1) is 0 Å². The number of nitrogens with zero attached hydrogens (tertiary/aromatic N) is 6. The molecule has 0 unspecified atom stereocenters. The van der Waals surface area contributed by atoms with Crippen molar-refractivity contribution in [3.63, 3.8) is 0 Å². The topological polar surface area (TPSA) is 83.5 Å². The van der Waals surface area contributed by atoms with Crippen LogP contribution in [0.1, 0.15) is 42.8 Å². The van der Waals surface area contributed by atoms with Crippen molar-refractivity contribution in [1.82, 2.24) is 15.0 Å². The van der Waals surface area contributed by atoms with E-state index in [4.69, 9.17) is 20.7 Å². The van der Waals surface area contributed by atoms with Gasteiger partial charge in [-0.3, -0.25) is 9.98 Å². The maximum absolute atomic E-state index is 6.24. The number of amidine groups is 1. The first kappa shape index (κ1) is 17.6. The van der Waals surface area contributed by atoms with E-state index < -0.39 is 0 Å². The second-order valence-electron chi connectivity index (χ2n) is 8.12. The summed E-state index contributed by atoms with van der Waals surface area (Å²) in [6, 6.07) is 4.43. The molecule has 146 valence electrons. The number of hydrogen-bond acceptors (Lipinski definition) is 7. The standard InChI is InChI=1S/C21H27N7/c1-27(13-14-5-2-6-15(14)22)19-12-24-20-17(26-19)11-25-21(20)28-10-4-7-16-18(28)8-3-9-23-16/h3,8-9,12,14-15H,2,4-7,10-11,13,22H2,1H3/t14-,15+/m0/s1. The molecule has 1 aliphatic carbocycles. The van der Waals surface area contributed by atoms with Crippen molar-refractivity contribution in [2.45, 2.75) is 44.7 Å². The van der Waals surface area contributed by atoms with Crippen molar-refractivity contribution in [2.24, 2.45) is 16.6 Å². The van der Waals surface area contributed by atoms with Gasteiger partial charge in [0, 0.05) is 32.4 Å². The lowest BCUT2D eigenvalue weighted by atomic mass is 10.0. The van der Waals surface area contributed by atoms with E-state index in [9.17, 15) is 0 Å². The summed E-state index contributed by atoms with van der Waals surface area (Å²) in [7, 11) is 2.09. The van der Waals surface area contributed by atoms with Crippen LogP contribution in [-0.2, 0) is 13.0 Å². The molecule has 0 bridgehead atoms. The van der Waals surface area contributed by atoms with Crippen molar-refractivity contribution in [3.8, 4) is 0 Å². The normalized spacial score (nSPS) is 23.4. The Hall–Kier alpha value is -2.54. The molecule has 4 heterocycles. The first-order chi connectivity index (χ1) is 13.7. The number of rotatable bonds is 3. The molecule has 0 aromatic carbocycles. The minimum atomic E-state index is 0.313. The number of anilines is 2. The van der Waals surface area contributed by atoms with Crippen LogP contribution in [0.4, 0.5) is 11.5 Å². The Balaban J connectivity index is 1.37. The van der Waals surface area contributed by atoms with Gasteiger partial charge in [0.1, 0.15) is 11.5 Å². The van der Waals surface area contributed by atoms with Crippen molar-refractivity contribution >= 4 is 17.3 Å². The molecule has 2 N–H and O–H groups in total. The zero-order chi connectivity index (χ0) is 19.1. The molecule has 3 aliphatic rings. The second-order valence-corrected chi connectivity index (χ2v) is 8.12. The van der Waals surface area contributed by atoms with E-state index in [2.05, 4.69) is 27.9 Å². The van der Waals surface area contributed by atoms with Gasteiger partial charge in [-0.25, -0.2) is 9.97 Å². The Bertz CT molecular complexity index is 909. The van der Waals surface area contributed by atoms with Gasteiger partial charge in [0.2, 0.25) is 0 Å². The summed E-state index contributed by atoms with van der Waals surface area (Å²) in [5, 5.41) is 0.